The Labute approximate surface area is 228 Å². The van der Waals surface area contributed by atoms with Gasteiger partial charge in [0.1, 0.15) is 12.0 Å². The minimum absolute atomic E-state index is 0.0713. The zero-order chi connectivity index (χ0) is 26.9. The molecule has 3 heterocycles. The summed E-state index contributed by atoms with van der Waals surface area (Å²) >= 11 is 1.33. The molecule has 0 spiro atoms. The van der Waals surface area contributed by atoms with Gasteiger partial charge in [-0.15, -0.1) is 0 Å². The first-order valence-electron chi connectivity index (χ1n) is 12.2. The molecule has 1 N–H and O–H groups in total. The van der Waals surface area contributed by atoms with E-state index >= 15 is 0 Å². The highest BCUT2D eigenvalue weighted by Gasteiger charge is 2.33. The number of nitrogens with zero attached hydrogens (tertiary/aromatic N) is 1. The van der Waals surface area contributed by atoms with E-state index < -0.39 is 12.0 Å². The molecule has 2 aliphatic rings. The van der Waals surface area contributed by atoms with E-state index in [1.165, 1.54) is 11.8 Å². The van der Waals surface area contributed by atoms with Crippen molar-refractivity contribution in [1.29, 1.82) is 0 Å². The van der Waals surface area contributed by atoms with Crippen LogP contribution < -0.4 is 18.9 Å². The Bertz CT molecular complexity index is 1580. The van der Waals surface area contributed by atoms with Crippen LogP contribution >= 0.6 is 11.8 Å². The van der Waals surface area contributed by atoms with Gasteiger partial charge >= 0.3 is 5.97 Å². The quantitative estimate of drug-likeness (QED) is 0.276. The molecule has 9 nitrogen and oxygen atoms in total. The van der Waals surface area contributed by atoms with Crippen LogP contribution in [0, 0.1) is 0 Å². The average molecular weight is 548 g/mol. The molecule has 1 atom stereocenters. The summed E-state index contributed by atoms with van der Waals surface area (Å²) in [7, 11) is 3.13. The molecule has 2 aliphatic heterocycles. The Morgan fingerprint density at radius 2 is 1.74 bits per heavy atom. The summed E-state index contributed by atoms with van der Waals surface area (Å²) in [5.41, 5.74) is 1.81. The number of benzene rings is 3. The maximum Gasteiger partial charge on any atom is 0.353 e. The van der Waals surface area contributed by atoms with Crippen LogP contribution in [-0.4, -0.2) is 43.4 Å². The van der Waals surface area contributed by atoms with Crippen LogP contribution in [0.15, 0.2) is 82.5 Å². The first kappa shape index (κ1) is 24.9. The highest BCUT2D eigenvalue weighted by Crippen LogP contribution is 2.47. The molecule has 3 aromatic carbocycles. The fraction of sp³-hybridized carbons (Fsp3) is 0.207. The molecular formula is C29H25NO8S. The third-order valence-electron chi connectivity index (χ3n) is 6.63. The van der Waals surface area contributed by atoms with Crippen LogP contribution in [-0.2, 0) is 15.9 Å². The van der Waals surface area contributed by atoms with E-state index in [-0.39, 0.29) is 19.3 Å². The number of aromatic carboxylic acids is 1. The van der Waals surface area contributed by atoms with Crippen molar-refractivity contribution in [2.24, 2.45) is 0 Å². The molecule has 0 bridgehead atoms. The molecule has 39 heavy (non-hydrogen) atoms. The second kappa shape index (κ2) is 10.4. The van der Waals surface area contributed by atoms with Gasteiger partial charge in [0.25, 0.3) is 0 Å². The SMILES string of the molecule is COc1ccc(Sc2c(C(=O)O)n(C(Cc3ccccc3)C3=COCO3)c3cc4c(cc23)OCO4)cc1OC. The van der Waals surface area contributed by atoms with Crippen molar-refractivity contribution in [3.8, 4) is 23.0 Å². The lowest BCUT2D eigenvalue weighted by atomic mass is 10.0. The second-order valence-electron chi connectivity index (χ2n) is 8.85. The summed E-state index contributed by atoms with van der Waals surface area (Å²) in [6.45, 7) is 0.170. The molecule has 0 aliphatic carbocycles. The molecule has 10 heteroatoms. The van der Waals surface area contributed by atoms with Gasteiger partial charge in [0.15, 0.2) is 28.8 Å². The number of allylic oxidation sites excluding steroid dienone is 1. The second-order valence-corrected chi connectivity index (χ2v) is 9.93. The van der Waals surface area contributed by atoms with Crippen molar-refractivity contribution in [1.82, 2.24) is 4.57 Å². The Morgan fingerprint density at radius 3 is 2.44 bits per heavy atom. The normalized spacial score (nSPS) is 14.5. The van der Waals surface area contributed by atoms with E-state index in [9.17, 15) is 9.90 Å². The van der Waals surface area contributed by atoms with Gasteiger partial charge in [0.2, 0.25) is 13.6 Å². The van der Waals surface area contributed by atoms with Crippen LogP contribution in [0.3, 0.4) is 0 Å². The van der Waals surface area contributed by atoms with Gasteiger partial charge in [-0.05, 0) is 29.8 Å². The largest absolute Gasteiger partial charge is 0.493 e. The van der Waals surface area contributed by atoms with Crippen molar-refractivity contribution < 1.29 is 38.3 Å². The average Bonchev–Trinajstić information content (AvgIpc) is 3.71. The molecular weight excluding hydrogens is 522 g/mol. The fourth-order valence-electron chi connectivity index (χ4n) is 4.88. The number of carboxylic acid groups (broad SMARTS) is 1. The summed E-state index contributed by atoms with van der Waals surface area (Å²) in [4.78, 5) is 14.4. The first-order valence-corrected chi connectivity index (χ1v) is 13.0. The molecule has 200 valence electrons. The van der Waals surface area contributed by atoms with Crippen LogP contribution in [0.5, 0.6) is 23.0 Å². The number of rotatable bonds is 9. The van der Waals surface area contributed by atoms with Gasteiger partial charge in [0, 0.05) is 22.8 Å². The summed E-state index contributed by atoms with van der Waals surface area (Å²) < 4.78 is 35.3. The van der Waals surface area contributed by atoms with Gasteiger partial charge in [-0.25, -0.2) is 4.79 Å². The fourth-order valence-corrected chi connectivity index (χ4v) is 5.97. The van der Waals surface area contributed by atoms with Crippen LogP contribution in [0.2, 0.25) is 0 Å². The lowest BCUT2D eigenvalue weighted by Gasteiger charge is -2.22. The van der Waals surface area contributed by atoms with E-state index in [1.54, 1.807) is 31.1 Å². The maximum atomic E-state index is 13.0. The monoisotopic (exact) mass is 547 g/mol. The number of fused-ring (bicyclic) bond motifs is 2. The number of methoxy groups -OCH3 is 2. The molecule has 0 fully saturated rings. The third kappa shape index (κ3) is 4.57. The molecule has 0 radical (unpaired) electrons. The summed E-state index contributed by atoms with van der Waals surface area (Å²) in [5.74, 6) is 1.71. The number of aromatic nitrogens is 1. The zero-order valence-corrected chi connectivity index (χ0v) is 22.0. The van der Waals surface area contributed by atoms with Gasteiger partial charge in [-0.1, -0.05) is 42.1 Å². The van der Waals surface area contributed by atoms with Crippen LogP contribution in [0.1, 0.15) is 22.1 Å². The summed E-state index contributed by atoms with van der Waals surface area (Å²) in [5, 5.41) is 11.4. The number of hydrogen-bond donors (Lipinski definition) is 1. The minimum atomic E-state index is -1.08. The van der Waals surface area contributed by atoms with E-state index in [0.29, 0.717) is 51.0 Å². The predicted octanol–water partition coefficient (Wildman–Crippen LogP) is 5.87. The minimum Gasteiger partial charge on any atom is -0.493 e. The standard InChI is InChI=1S/C29H25NO8S/c1-33-22-9-8-18(11-23(22)34-2)39-28-19-12-24-25(38-16-37-24)13-20(19)30(27(28)29(31)32)21(26-14-35-15-36-26)10-17-6-4-3-5-7-17/h3-9,11-14,21H,10,15-16H2,1-2H3,(H,31,32). The maximum absolute atomic E-state index is 13.0. The summed E-state index contributed by atoms with van der Waals surface area (Å²) in [6.07, 6.45) is 2.04. The molecule has 0 amide bonds. The first-order chi connectivity index (χ1) is 19.1. The van der Waals surface area contributed by atoms with Crippen LogP contribution in [0.4, 0.5) is 0 Å². The number of hydrogen-bond acceptors (Lipinski definition) is 8. The van der Waals surface area contributed by atoms with Crippen molar-refractivity contribution >= 4 is 28.6 Å². The molecule has 4 aromatic rings. The van der Waals surface area contributed by atoms with Crippen molar-refractivity contribution in [2.45, 2.75) is 22.3 Å². The zero-order valence-electron chi connectivity index (χ0n) is 21.2. The topological polar surface area (TPSA) is 97.6 Å². The molecule has 0 saturated carbocycles. The van der Waals surface area contributed by atoms with E-state index in [2.05, 4.69) is 0 Å². The van der Waals surface area contributed by atoms with Crippen molar-refractivity contribution in [3.05, 3.63) is 83.9 Å². The van der Waals surface area contributed by atoms with Gasteiger partial charge < -0.3 is 38.1 Å². The Hall–Kier alpha value is -4.44. The summed E-state index contributed by atoms with van der Waals surface area (Å²) in [6, 6.07) is 18.5. The Balaban J connectivity index is 1.58. The predicted molar refractivity (Wildman–Crippen MR) is 143 cm³/mol. The van der Waals surface area contributed by atoms with Crippen LogP contribution in [0.25, 0.3) is 10.9 Å². The molecule has 1 aromatic heterocycles. The number of ether oxygens (including phenoxy) is 6. The smallest absolute Gasteiger partial charge is 0.353 e. The molecule has 6 rings (SSSR count). The van der Waals surface area contributed by atoms with Gasteiger partial charge in [0.05, 0.1) is 30.7 Å². The van der Waals surface area contributed by atoms with E-state index in [1.807, 2.05) is 54.6 Å². The molecule has 1 unspecified atom stereocenters. The van der Waals surface area contributed by atoms with Crippen molar-refractivity contribution in [2.75, 3.05) is 27.8 Å². The van der Waals surface area contributed by atoms with Gasteiger partial charge in [-0.2, -0.15) is 0 Å². The van der Waals surface area contributed by atoms with E-state index in [4.69, 9.17) is 28.4 Å². The number of carbonyl (C=O) groups is 1. The Kier molecular flexibility index (Phi) is 6.62. The Morgan fingerprint density at radius 1 is 0.974 bits per heavy atom. The highest BCUT2D eigenvalue weighted by molar-refractivity contribution is 7.99. The lowest BCUT2D eigenvalue weighted by molar-refractivity contribution is 0.0658. The van der Waals surface area contributed by atoms with E-state index in [0.717, 1.165) is 10.5 Å². The highest BCUT2D eigenvalue weighted by atomic mass is 32.2. The third-order valence-corrected chi connectivity index (χ3v) is 7.74. The number of carboxylic acids is 1. The van der Waals surface area contributed by atoms with Gasteiger partial charge in [-0.3, -0.25) is 0 Å². The van der Waals surface area contributed by atoms with Crippen molar-refractivity contribution in [3.63, 3.8) is 0 Å². The lowest BCUT2D eigenvalue weighted by Crippen LogP contribution is -2.20. The molecule has 0 saturated heterocycles.